The van der Waals surface area contributed by atoms with Crippen LogP contribution in [0, 0.1) is 0 Å². The zero-order valence-electron chi connectivity index (χ0n) is 16.7. The van der Waals surface area contributed by atoms with E-state index in [9.17, 15) is 24.5 Å². The fourth-order valence-corrected chi connectivity index (χ4v) is 5.17. The number of aromatic nitrogens is 4. The molecule has 17 heteroatoms. The molecule has 2 aromatic rings. The van der Waals surface area contributed by atoms with Crippen molar-refractivity contribution in [1.82, 2.24) is 24.8 Å². The van der Waals surface area contributed by atoms with E-state index in [1.165, 1.54) is 11.7 Å². The summed E-state index contributed by atoms with van der Waals surface area (Å²) in [4.78, 5) is 54.5. The average molecular weight is 493 g/mol. The normalized spacial score (nSPS) is 26.9. The number of thioether (sulfide) groups is 1. The second-order valence-electron chi connectivity index (χ2n) is 6.93. The molecule has 2 fully saturated rings. The maximum absolute atomic E-state index is 12.3. The third-order valence-electron chi connectivity index (χ3n) is 4.73. The second kappa shape index (κ2) is 9.17. The first kappa shape index (κ1) is 23.3. The minimum Gasteiger partial charge on any atom is -0.385 e. The van der Waals surface area contributed by atoms with Crippen molar-refractivity contribution in [3.05, 3.63) is 10.4 Å². The number of amides is 1. The number of hydrogen-bond acceptors (Lipinski definition) is 13. The van der Waals surface area contributed by atoms with Crippen molar-refractivity contribution in [1.29, 1.82) is 0 Å². The quantitative estimate of drug-likeness (QED) is 0.138. The molecule has 2 aliphatic heterocycles. The lowest BCUT2D eigenvalue weighted by Crippen LogP contribution is -2.40. The number of aliphatic hydroxyl groups is 1. The predicted octanol–water partition coefficient (Wildman–Crippen LogP) is -2.11. The molecule has 7 N–H and O–H groups in total. The molecule has 32 heavy (non-hydrogen) atoms. The summed E-state index contributed by atoms with van der Waals surface area (Å²) in [6.45, 7) is 0.439. The van der Waals surface area contributed by atoms with Crippen LogP contribution in [0.5, 0.6) is 0 Å². The van der Waals surface area contributed by atoms with E-state index >= 15 is 0 Å². The van der Waals surface area contributed by atoms with Crippen LogP contribution in [-0.4, -0.2) is 91.3 Å². The standard InChI is InChI=1S/C15H21N6O9PS/c1-27-3-2-17-7(22)5-32-15-18-8-11(19-14(16)20-12(8)24)21(15)13-9(23)10-6(29-13)4-28-31(25,26)30-10/h6,9-10,13,23,25-26H,2-5H2,1H3,(H3-,16,17,19,20,22,24)/p+1/t6?,9?,10-,13-/m1/s1. The maximum atomic E-state index is 12.3. The lowest BCUT2D eigenvalue weighted by molar-refractivity contribution is -0.118. The zero-order chi connectivity index (χ0) is 23.0. The van der Waals surface area contributed by atoms with Gasteiger partial charge < -0.3 is 25.6 Å². The summed E-state index contributed by atoms with van der Waals surface area (Å²) in [5, 5.41) is 13.6. The number of nitrogens with one attached hydrogen (secondary N) is 2. The first-order valence-corrected chi connectivity index (χ1v) is 11.9. The van der Waals surface area contributed by atoms with Gasteiger partial charge in [-0.3, -0.25) is 19.1 Å². The number of aliphatic hydroxyl groups excluding tert-OH is 1. The molecule has 176 valence electrons. The summed E-state index contributed by atoms with van der Waals surface area (Å²) in [6, 6.07) is 0. The molecule has 0 saturated carbocycles. The Kier molecular flexibility index (Phi) is 6.67. The van der Waals surface area contributed by atoms with E-state index in [1.807, 2.05) is 0 Å². The SMILES string of the molecule is COCCNC(=O)CSc1nc2c(=O)[nH]c(N)nc2n1[C@@H]1OC2CO[P+](O)(O)O[C@H]2C1O. The van der Waals surface area contributed by atoms with Crippen LogP contribution < -0.4 is 16.6 Å². The minimum absolute atomic E-state index is 0.0196. The number of carbonyl (C=O) groups is 1. The van der Waals surface area contributed by atoms with Gasteiger partial charge in [-0.25, -0.2) is 4.98 Å². The zero-order valence-corrected chi connectivity index (χ0v) is 18.4. The highest BCUT2D eigenvalue weighted by Crippen LogP contribution is 2.59. The van der Waals surface area contributed by atoms with Gasteiger partial charge in [0.1, 0.15) is 18.8 Å². The molecule has 4 atom stereocenters. The molecule has 0 spiro atoms. The number of fused-ring (bicyclic) bond motifs is 2. The highest BCUT2D eigenvalue weighted by atomic mass is 32.2. The highest BCUT2D eigenvalue weighted by molar-refractivity contribution is 7.99. The predicted molar refractivity (Wildman–Crippen MR) is 110 cm³/mol. The Morgan fingerprint density at radius 2 is 2.25 bits per heavy atom. The number of nitrogens with two attached hydrogens (primary N) is 1. The number of nitrogen functional groups attached to an aromatic ring is 1. The summed E-state index contributed by atoms with van der Waals surface area (Å²) in [6.07, 6.45) is -4.50. The van der Waals surface area contributed by atoms with Crippen LogP contribution >= 0.6 is 19.9 Å². The van der Waals surface area contributed by atoms with E-state index in [4.69, 9.17) is 24.3 Å². The smallest absolute Gasteiger partial charge is 0.385 e. The van der Waals surface area contributed by atoms with Gasteiger partial charge in [0.25, 0.3) is 5.56 Å². The first-order chi connectivity index (χ1) is 15.2. The molecule has 1 amide bonds. The largest absolute Gasteiger partial charge is 0.570 e. The van der Waals surface area contributed by atoms with Crippen molar-refractivity contribution in [3.8, 4) is 0 Å². The summed E-state index contributed by atoms with van der Waals surface area (Å²) < 4.78 is 22.0. The van der Waals surface area contributed by atoms with Crippen LogP contribution in [-0.2, 0) is 23.3 Å². The Morgan fingerprint density at radius 1 is 1.47 bits per heavy atom. The number of rotatable bonds is 7. The van der Waals surface area contributed by atoms with E-state index in [-0.39, 0.29) is 40.5 Å². The van der Waals surface area contributed by atoms with Crippen LogP contribution in [0.2, 0.25) is 0 Å². The molecular weight excluding hydrogens is 471 g/mol. The van der Waals surface area contributed by atoms with E-state index in [2.05, 4.69) is 20.3 Å². The van der Waals surface area contributed by atoms with Gasteiger partial charge in [-0.2, -0.15) is 19.3 Å². The van der Waals surface area contributed by atoms with Crippen LogP contribution in [0.1, 0.15) is 6.23 Å². The number of ether oxygens (including phenoxy) is 2. The van der Waals surface area contributed by atoms with Gasteiger partial charge in [0, 0.05) is 13.7 Å². The molecule has 2 saturated heterocycles. The van der Waals surface area contributed by atoms with E-state index in [0.29, 0.717) is 13.2 Å². The topological polar surface area (TPSA) is 216 Å². The van der Waals surface area contributed by atoms with Gasteiger partial charge in [0.2, 0.25) is 11.9 Å². The van der Waals surface area contributed by atoms with Crippen LogP contribution in [0.4, 0.5) is 5.95 Å². The number of carbonyl (C=O) groups excluding carboxylic acids is 1. The Morgan fingerprint density at radius 3 is 3.00 bits per heavy atom. The lowest BCUT2D eigenvalue weighted by atomic mass is 10.1. The molecule has 15 nitrogen and oxygen atoms in total. The van der Waals surface area contributed by atoms with Gasteiger partial charge in [-0.15, -0.1) is 4.52 Å². The molecule has 0 aliphatic carbocycles. The molecule has 0 aromatic carbocycles. The molecular formula is C15H22N6O9PS+. The monoisotopic (exact) mass is 493 g/mol. The Balaban J connectivity index is 1.66. The fraction of sp³-hybridized carbons (Fsp3) is 0.600. The van der Waals surface area contributed by atoms with Crippen molar-refractivity contribution < 1.29 is 38.2 Å². The Hall–Kier alpha value is -1.88. The summed E-state index contributed by atoms with van der Waals surface area (Å²) >= 11 is 0.986. The molecule has 4 rings (SSSR count). The number of nitrogens with zero attached hydrogens (tertiary/aromatic N) is 3. The third-order valence-corrected chi connectivity index (χ3v) is 6.68. The number of H-pyrrole nitrogens is 1. The molecule has 2 unspecified atom stereocenters. The van der Waals surface area contributed by atoms with Gasteiger partial charge in [0.05, 0.1) is 12.4 Å². The number of methoxy groups -OCH3 is 1. The van der Waals surface area contributed by atoms with Crippen molar-refractivity contribution in [3.63, 3.8) is 0 Å². The van der Waals surface area contributed by atoms with Gasteiger partial charge in [-0.05, 0) is 0 Å². The fourth-order valence-electron chi connectivity index (χ4n) is 3.34. The minimum atomic E-state index is -4.09. The third kappa shape index (κ3) is 4.59. The molecule has 0 bridgehead atoms. The number of imidazole rings is 1. The van der Waals surface area contributed by atoms with Crippen molar-refractivity contribution in [2.75, 3.05) is 38.4 Å². The average Bonchev–Trinajstić information content (AvgIpc) is 3.23. The summed E-state index contributed by atoms with van der Waals surface area (Å²) in [5.41, 5.74) is 5.01. The van der Waals surface area contributed by atoms with Crippen molar-refractivity contribution >= 4 is 43.0 Å². The maximum Gasteiger partial charge on any atom is 0.570 e. The van der Waals surface area contributed by atoms with E-state index < -0.39 is 38.3 Å². The number of anilines is 1. The summed E-state index contributed by atoms with van der Waals surface area (Å²) in [5.74, 6) is -0.546. The highest BCUT2D eigenvalue weighted by Gasteiger charge is 2.60. The second-order valence-corrected chi connectivity index (χ2v) is 9.32. The van der Waals surface area contributed by atoms with Crippen LogP contribution in [0.25, 0.3) is 11.2 Å². The Bertz CT molecular complexity index is 1060. The first-order valence-electron chi connectivity index (χ1n) is 9.37. The van der Waals surface area contributed by atoms with E-state index in [1.54, 1.807) is 0 Å². The van der Waals surface area contributed by atoms with Gasteiger partial charge in [-0.1, -0.05) is 11.8 Å². The van der Waals surface area contributed by atoms with Crippen LogP contribution in [0.3, 0.4) is 0 Å². The molecule has 4 heterocycles. The van der Waals surface area contributed by atoms with E-state index in [0.717, 1.165) is 11.8 Å². The molecule has 2 aliphatic rings. The van der Waals surface area contributed by atoms with Gasteiger partial charge in [0.15, 0.2) is 28.7 Å². The number of aromatic amines is 1. The van der Waals surface area contributed by atoms with Crippen LogP contribution in [0.15, 0.2) is 9.95 Å². The summed E-state index contributed by atoms with van der Waals surface area (Å²) in [7, 11) is -2.57. The van der Waals surface area contributed by atoms with Crippen molar-refractivity contribution in [2.24, 2.45) is 0 Å². The Labute approximate surface area is 184 Å². The van der Waals surface area contributed by atoms with Gasteiger partial charge >= 0.3 is 8.17 Å². The molecule has 0 radical (unpaired) electrons. The lowest BCUT2D eigenvalue weighted by Gasteiger charge is -2.24. The molecule has 2 aromatic heterocycles. The number of hydrogen-bond donors (Lipinski definition) is 6. The van der Waals surface area contributed by atoms with Crippen molar-refractivity contribution in [2.45, 2.75) is 29.7 Å².